The Kier molecular flexibility index (Phi) is 5.54. The molecule has 7 heteroatoms. The van der Waals surface area contributed by atoms with Crippen LogP contribution in [-0.2, 0) is 22.4 Å². The Morgan fingerprint density at radius 1 is 1.10 bits per heavy atom. The molecule has 4 rings (SSSR count). The lowest BCUT2D eigenvalue weighted by molar-refractivity contribution is -0.139. The van der Waals surface area contributed by atoms with Crippen LogP contribution >= 0.6 is 0 Å². The summed E-state index contributed by atoms with van der Waals surface area (Å²) in [6.07, 6.45) is 4.05. The van der Waals surface area contributed by atoms with E-state index >= 15 is 0 Å². The fourth-order valence-electron chi connectivity index (χ4n) is 4.47. The first kappa shape index (κ1) is 21.4. The molecule has 31 heavy (non-hydrogen) atoms. The molecule has 166 valence electrons. The number of carbonyl (C=O) groups is 2. The van der Waals surface area contributed by atoms with E-state index in [0.717, 1.165) is 30.4 Å². The van der Waals surface area contributed by atoms with Gasteiger partial charge in [0.25, 0.3) is 0 Å². The molecule has 1 aliphatic carbocycles. The minimum atomic E-state index is -0.697. The standard InChI is InChI=1S/C24H29NO6/c1-14-12-18-20(15-8-5-6-9-16(15)21(26)29-18)19(13-14)30-22(27)17-10-7-11-25(17)23(28)31-24(2,3)4/h12-13,17H,5-11H2,1-4H3/t17-/m0/s1. The molecule has 0 radical (unpaired) electrons. The van der Waals surface area contributed by atoms with Crippen LogP contribution in [0.25, 0.3) is 11.0 Å². The number of fused-ring (bicyclic) bond motifs is 3. The van der Waals surface area contributed by atoms with Crippen molar-refractivity contribution in [3.05, 3.63) is 39.2 Å². The third-order valence-corrected chi connectivity index (χ3v) is 5.79. The Morgan fingerprint density at radius 2 is 1.81 bits per heavy atom. The van der Waals surface area contributed by atoms with Crippen LogP contribution < -0.4 is 10.4 Å². The lowest BCUT2D eigenvalue weighted by Crippen LogP contribution is -2.44. The van der Waals surface area contributed by atoms with E-state index in [-0.39, 0.29) is 5.63 Å². The number of rotatable bonds is 2. The third-order valence-electron chi connectivity index (χ3n) is 5.79. The largest absolute Gasteiger partial charge is 0.444 e. The van der Waals surface area contributed by atoms with Crippen LogP contribution in [0, 0.1) is 6.92 Å². The van der Waals surface area contributed by atoms with E-state index in [1.54, 1.807) is 32.9 Å². The zero-order valence-corrected chi connectivity index (χ0v) is 18.6. The smallest absolute Gasteiger partial charge is 0.411 e. The maximum Gasteiger partial charge on any atom is 0.411 e. The molecule has 1 aromatic heterocycles. The summed E-state index contributed by atoms with van der Waals surface area (Å²) < 4.78 is 16.9. The molecule has 2 aliphatic rings. The van der Waals surface area contributed by atoms with Gasteiger partial charge < -0.3 is 13.9 Å². The fourth-order valence-corrected chi connectivity index (χ4v) is 4.47. The molecule has 0 spiro atoms. The molecule has 1 aliphatic heterocycles. The van der Waals surface area contributed by atoms with Crippen LogP contribution in [0.3, 0.4) is 0 Å². The van der Waals surface area contributed by atoms with Crippen molar-refractivity contribution in [3.8, 4) is 5.75 Å². The van der Waals surface area contributed by atoms with Crippen molar-refractivity contribution in [1.82, 2.24) is 4.90 Å². The van der Waals surface area contributed by atoms with Crippen LogP contribution in [-0.4, -0.2) is 35.2 Å². The van der Waals surface area contributed by atoms with Gasteiger partial charge >= 0.3 is 17.7 Å². The number of hydrogen-bond acceptors (Lipinski definition) is 6. The molecular weight excluding hydrogens is 398 g/mol. The second kappa shape index (κ2) is 8.02. The number of nitrogens with zero attached hydrogens (tertiary/aromatic N) is 1. The molecule has 0 N–H and O–H groups in total. The third kappa shape index (κ3) is 4.31. The van der Waals surface area contributed by atoms with Crippen LogP contribution in [0.4, 0.5) is 4.79 Å². The van der Waals surface area contributed by atoms with Gasteiger partial charge in [0, 0.05) is 12.1 Å². The van der Waals surface area contributed by atoms with Crippen molar-refractivity contribution in [2.45, 2.75) is 77.9 Å². The van der Waals surface area contributed by atoms with Gasteiger partial charge in [0.15, 0.2) is 0 Å². The highest BCUT2D eigenvalue weighted by atomic mass is 16.6. The van der Waals surface area contributed by atoms with E-state index in [2.05, 4.69) is 0 Å². The maximum atomic E-state index is 13.1. The molecule has 7 nitrogen and oxygen atoms in total. The second-order valence-electron chi connectivity index (χ2n) is 9.44. The van der Waals surface area contributed by atoms with Crippen molar-refractivity contribution in [2.24, 2.45) is 0 Å². The number of amides is 1. The number of esters is 1. The number of aryl methyl sites for hydroxylation is 2. The Bertz CT molecular complexity index is 1090. The number of likely N-dealkylation sites (tertiary alicyclic amines) is 1. The van der Waals surface area contributed by atoms with Crippen molar-refractivity contribution < 1.29 is 23.5 Å². The average Bonchev–Trinajstić information content (AvgIpc) is 3.16. The number of benzene rings is 1. The van der Waals surface area contributed by atoms with Gasteiger partial charge in [-0.2, -0.15) is 0 Å². The molecule has 1 amide bonds. The molecule has 1 saturated heterocycles. The van der Waals surface area contributed by atoms with Gasteiger partial charge in [0.05, 0.1) is 5.39 Å². The molecule has 2 aromatic rings. The van der Waals surface area contributed by atoms with E-state index < -0.39 is 23.7 Å². The molecule has 0 saturated carbocycles. The molecule has 1 atom stereocenters. The Hall–Kier alpha value is -2.83. The maximum absolute atomic E-state index is 13.1. The molecule has 2 heterocycles. The number of hydrogen-bond donors (Lipinski definition) is 0. The summed E-state index contributed by atoms with van der Waals surface area (Å²) in [6, 6.07) is 2.89. The van der Waals surface area contributed by atoms with E-state index in [4.69, 9.17) is 13.9 Å². The van der Waals surface area contributed by atoms with Crippen LogP contribution in [0.2, 0.25) is 0 Å². The fraction of sp³-hybridized carbons (Fsp3) is 0.542. The molecule has 0 unspecified atom stereocenters. The lowest BCUT2D eigenvalue weighted by atomic mass is 9.90. The van der Waals surface area contributed by atoms with Gasteiger partial charge in [-0.25, -0.2) is 14.4 Å². The molecule has 1 aromatic carbocycles. The van der Waals surface area contributed by atoms with Crippen LogP contribution in [0.15, 0.2) is 21.3 Å². The molecule has 0 bridgehead atoms. The Balaban J connectivity index is 1.67. The highest BCUT2D eigenvalue weighted by Crippen LogP contribution is 2.35. The summed E-state index contributed by atoms with van der Waals surface area (Å²) in [6.45, 7) is 7.70. The zero-order chi connectivity index (χ0) is 22.3. The van der Waals surface area contributed by atoms with Gasteiger partial charge in [-0.05, 0) is 89.5 Å². The monoisotopic (exact) mass is 427 g/mol. The van der Waals surface area contributed by atoms with Gasteiger partial charge in [0.1, 0.15) is 23.0 Å². The topological polar surface area (TPSA) is 86.0 Å². The van der Waals surface area contributed by atoms with E-state index in [9.17, 15) is 14.4 Å². The first-order valence-corrected chi connectivity index (χ1v) is 10.9. The summed E-state index contributed by atoms with van der Waals surface area (Å²) in [5.74, 6) is -0.107. The average molecular weight is 427 g/mol. The highest BCUT2D eigenvalue weighted by molar-refractivity contribution is 5.92. The van der Waals surface area contributed by atoms with Gasteiger partial charge in [0.2, 0.25) is 0 Å². The van der Waals surface area contributed by atoms with Crippen LogP contribution in [0.1, 0.15) is 63.1 Å². The minimum absolute atomic E-state index is 0.308. The lowest BCUT2D eigenvalue weighted by Gasteiger charge is -2.27. The summed E-state index contributed by atoms with van der Waals surface area (Å²) in [5, 5.41) is 0.690. The highest BCUT2D eigenvalue weighted by Gasteiger charge is 2.38. The Labute approximate surface area is 181 Å². The van der Waals surface area contributed by atoms with Crippen molar-refractivity contribution >= 4 is 23.0 Å². The van der Waals surface area contributed by atoms with Crippen LogP contribution in [0.5, 0.6) is 5.75 Å². The summed E-state index contributed by atoms with van der Waals surface area (Å²) in [7, 11) is 0. The molecular formula is C24H29NO6. The molecule has 1 fully saturated rings. The normalized spacial score (nSPS) is 18.7. The zero-order valence-electron chi connectivity index (χ0n) is 18.6. The van der Waals surface area contributed by atoms with Gasteiger partial charge in [-0.3, -0.25) is 4.90 Å². The van der Waals surface area contributed by atoms with Gasteiger partial charge in [-0.1, -0.05) is 0 Å². The first-order valence-electron chi connectivity index (χ1n) is 10.9. The van der Waals surface area contributed by atoms with E-state index in [1.807, 2.05) is 6.92 Å². The summed E-state index contributed by atoms with van der Waals surface area (Å²) in [5.41, 5.74) is 1.90. The predicted octanol–water partition coefficient (Wildman–Crippen LogP) is 4.29. The van der Waals surface area contributed by atoms with Gasteiger partial charge in [-0.15, -0.1) is 0 Å². The van der Waals surface area contributed by atoms with E-state index in [1.165, 1.54) is 4.90 Å². The quantitative estimate of drug-likeness (QED) is 0.404. The first-order chi connectivity index (χ1) is 14.6. The second-order valence-corrected chi connectivity index (χ2v) is 9.44. The SMILES string of the molecule is Cc1cc(OC(=O)[C@@H]2CCCN2C(=O)OC(C)(C)C)c2c3c(c(=O)oc2c1)CCCC3. The van der Waals surface area contributed by atoms with Crippen molar-refractivity contribution in [2.75, 3.05) is 6.54 Å². The van der Waals surface area contributed by atoms with E-state index in [0.29, 0.717) is 48.1 Å². The number of carbonyl (C=O) groups excluding carboxylic acids is 2. The predicted molar refractivity (Wildman–Crippen MR) is 115 cm³/mol. The summed E-state index contributed by atoms with van der Waals surface area (Å²) >= 11 is 0. The minimum Gasteiger partial charge on any atom is -0.444 e. The van der Waals surface area contributed by atoms with Crippen molar-refractivity contribution in [3.63, 3.8) is 0 Å². The number of ether oxygens (including phenoxy) is 2. The van der Waals surface area contributed by atoms with Crippen molar-refractivity contribution in [1.29, 1.82) is 0 Å². The Morgan fingerprint density at radius 3 is 2.52 bits per heavy atom. The summed E-state index contributed by atoms with van der Waals surface area (Å²) in [4.78, 5) is 39.6.